The fraction of sp³-hybridized carbons (Fsp3) is 0.0769. The van der Waals surface area contributed by atoms with Crippen molar-refractivity contribution in [3.8, 4) is 0 Å². The lowest BCUT2D eigenvalue weighted by Gasteiger charge is -2.12. The molecule has 0 amide bonds. The van der Waals surface area contributed by atoms with E-state index >= 15 is 0 Å². The molecular weight excluding hydrogens is 319 g/mol. The first kappa shape index (κ1) is 16.8. The van der Waals surface area contributed by atoms with Crippen LogP contribution in [0.5, 0.6) is 0 Å². The van der Waals surface area contributed by atoms with E-state index < -0.39 is 11.3 Å². The first-order valence-electron chi connectivity index (χ1n) is 5.52. The highest BCUT2D eigenvalue weighted by Crippen LogP contribution is 2.31. The van der Waals surface area contributed by atoms with Crippen LogP contribution in [0.1, 0.15) is 5.56 Å². The van der Waals surface area contributed by atoms with Gasteiger partial charge < -0.3 is 15.0 Å². The standard InChI is InChI=1S/C7H7Cl2NO2S.C6H7N/c1-4-2-5(8)7(6(9)3-4)10-13(11)12;7-6-4-2-1-3-5-6/h2-3,10H,1H3,(H,11,12);1-5H,7H2/p-1. The second-order valence-corrected chi connectivity index (χ2v) is 5.34. The van der Waals surface area contributed by atoms with E-state index in [2.05, 4.69) is 4.72 Å². The van der Waals surface area contributed by atoms with Gasteiger partial charge in [0.1, 0.15) is 0 Å². The summed E-state index contributed by atoms with van der Waals surface area (Å²) in [4.78, 5) is 0. The molecule has 0 saturated carbocycles. The van der Waals surface area contributed by atoms with Crippen LogP contribution in [0.3, 0.4) is 0 Å². The highest BCUT2D eigenvalue weighted by atomic mass is 35.5. The van der Waals surface area contributed by atoms with Crippen molar-refractivity contribution in [2.75, 3.05) is 10.5 Å². The minimum Gasteiger partial charge on any atom is -0.755 e. The molecule has 0 fully saturated rings. The molecule has 4 nitrogen and oxygen atoms in total. The highest BCUT2D eigenvalue weighted by molar-refractivity contribution is 7.80. The van der Waals surface area contributed by atoms with Gasteiger partial charge in [0, 0.05) is 17.0 Å². The zero-order chi connectivity index (χ0) is 15.1. The summed E-state index contributed by atoms with van der Waals surface area (Å²) in [5.74, 6) is 0. The van der Waals surface area contributed by atoms with Crippen LogP contribution >= 0.6 is 23.2 Å². The van der Waals surface area contributed by atoms with Gasteiger partial charge in [-0.1, -0.05) is 41.4 Å². The molecule has 1 unspecified atom stereocenters. The molecule has 20 heavy (non-hydrogen) atoms. The van der Waals surface area contributed by atoms with Crippen LogP contribution < -0.4 is 10.5 Å². The van der Waals surface area contributed by atoms with Crippen molar-refractivity contribution in [3.05, 3.63) is 58.1 Å². The van der Waals surface area contributed by atoms with Gasteiger partial charge in [-0.2, -0.15) is 0 Å². The van der Waals surface area contributed by atoms with Gasteiger partial charge in [-0.3, -0.25) is 4.21 Å². The van der Waals surface area contributed by atoms with E-state index in [0.717, 1.165) is 11.3 Å². The lowest BCUT2D eigenvalue weighted by atomic mass is 10.2. The van der Waals surface area contributed by atoms with Crippen LogP contribution in [0.25, 0.3) is 0 Å². The summed E-state index contributed by atoms with van der Waals surface area (Å²) in [5.41, 5.74) is 7.26. The normalized spacial score (nSPS) is 11.2. The third kappa shape index (κ3) is 5.79. The first-order valence-corrected chi connectivity index (χ1v) is 7.35. The van der Waals surface area contributed by atoms with Crippen molar-refractivity contribution in [3.63, 3.8) is 0 Å². The Hall–Kier alpha value is -1.27. The summed E-state index contributed by atoms with van der Waals surface area (Å²) >= 11 is 9.10. The fourth-order valence-corrected chi connectivity index (χ4v) is 2.52. The molecular formula is C13H13Cl2N2O2S-. The van der Waals surface area contributed by atoms with E-state index in [9.17, 15) is 8.76 Å². The number of benzene rings is 2. The number of nitrogen functional groups attached to an aromatic ring is 1. The highest BCUT2D eigenvalue weighted by Gasteiger charge is 2.05. The van der Waals surface area contributed by atoms with E-state index in [0.29, 0.717) is 0 Å². The first-order chi connectivity index (χ1) is 9.40. The summed E-state index contributed by atoms with van der Waals surface area (Å²) in [6.07, 6.45) is 0. The average Bonchev–Trinajstić information content (AvgIpc) is 2.35. The number of aryl methyl sites for hydroxylation is 1. The summed E-state index contributed by atoms with van der Waals surface area (Å²) in [6.45, 7) is 1.82. The van der Waals surface area contributed by atoms with Crippen molar-refractivity contribution in [2.45, 2.75) is 6.92 Å². The predicted molar refractivity (Wildman–Crippen MR) is 84.6 cm³/mol. The topological polar surface area (TPSA) is 78.2 Å². The Labute approximate surface area is 130 Å². The number of hydrogen-bond donors (Lipinski definition) is 2. The van der Waals surface area contributed by atoms with Gasteiger partial charge in [0.2, 0.25) is 0 Å². The minimum atomic E-state index is -2.41. The second-order valence-electron chi connectivity index (χ2n) is 3.85. The average molecular weight is 332 g/mol. The molecule has 0 aliphatic heterocycles. The number of nitrogens with two attached hydrogens (primary N) is 1. The number of para-hydroxylation sites is 1. The molecule has 0 aliphatic carbocycles. The van der Waals surface area contributed by atoms with Gasteiger partial charge in [-0.25, -0.2) is 0 Å². The molecule has 0 bridgehead atoms. The van der Waals surface area contributed by atoms with Gasteiger partial charge in [0.15, 0.2) is 0 Å². The van der Waals surface area contributed by atoms with Crippen LogP contribution in [-0.2, 0) is 11.3 Å². The summed E-state index contributed by atoms with van der Waals surface area (Å²) in [5, 5.41) is 0.573. The van der Waals surface area contributed by atoms with Crippen LogP contribution in [0, 0.1) is 6.92 Å². The van der Waals surface area contributed by atoms with Crippen LogP contribution in [0.15, 0.2) is 42.5 Å². The molecule has 7 heteroatoms. The Bertz CT molecular complexity index is 571. The van der Waals surface area contributed by atoms with Crippen molar-refractivity contribution in [2.24, 2.45) is 0 Å². The fourth-order valence-electron chi connectivity index (χ4n) is 1.33. The van der Waals surface area contributed by atoms with Crippen molar-refractivity contribution in [1.82, 2.24) is 0 Å². The second kappa shape index (κ2) is 8.11. The van der Waals surface area contributed by atoms with Crippen molar-refractivity contribution < 1.29 is 8.76 Å². The van der Waals surface area contributed by atoms with Crippen LogP contribution in [0.4, 0.5) is 11.4 Å². The number of hydrogen-bond acceptors (Lipinski definition) is 3. The Morgan fingerprint density at radius 1 is 1.15 bits per heavy atom. The number of rotatable bonds is 2. The molecule has 2 aromatic carbocycles. The Morgan fingerprint density at radius 3 is 2.00 bits per heavy atom. The summed E-state index contributed by atoms with van der Waals surface area (Å²) in [7, 11) is 0. The third-order valence-electron chi connectivity index (χ3n) is 2.17. The molecule has 3 N–H and O–H groups in total. The largest absolute Gasteiger partial charge is 0.755 e. The van der Waals surface area contributed by atoms with Crippen molar-refractivity contribution in [1.29, 1.82) is 0 Å². The van der Waals surface area contributed by atoms with Crippen molar-refractivity contribution >= 4 is 45.8 Å². The SMILES string of the molecule is Cc1cc(Cl)c(NS(=O)[O-])c(Cl)c1.Nc1ccccc1. The lowest BCUT2D eigenvalue weighted by Crippen LogP contribution is -2.03. The smallest absolute Gasteiger partial charge is 0.0828 e. The van der Waals surface area contributed by atoms with Gasteiger partial charge in [-0.05, 0) is 36.8 Å². The molecule has 2 aromatic rings. The third-order valence-corrected chi connectivity index (χ3v) is 3.14. The number of nitrogens with one attached hydrogen (secondary N) is 1. The van der Waals surface area contributed by atoms with E-state index in [1.54, 1.807) is 12.1 Å². The van der Waals surface area contributed by atoms with E-state index in [-0.39, 0.29) is 15.7 Å². The zero-order valence-electron chi connectivity index (χ0n) is 10.6. The number of anilines is 2. The van der Waals surface area contributed by atoms with Gasteiger partial charge >= 0.3 is 0 Å². The predicted octanol–water partition coefficient (Wildman–Crippen LogP) is 3.78. The van der Waals surface area contributed by atoms with Gasteiger partial charge in [-0.15, -0.1) is 0 Å². The summed E-state index contributed by atoms with van der Waals surface area (Å²) in [6, 6.07) is 12.7. The molecule has 2 rings (SSSR count). The Kier molecular flexibility index (Phi) is 6.81. The molecule has 0 aliphatic rings. The molecule has 108 valence electrons. The maximum Gasteiger partial charge on any atom is 0.0828 e. The number of halogens is 2. The minimum absolute atomic E-state index is 0.210. The molecule has 0 spiro atoms. The van der Waals surface area contributed by atoms with Gasteiger partial charge in [0.25, 0.3) is 0 Å². The molecule has 0 aromatic heterocycles. The Balaban J connectivity index is 0.000000240. The van der Waals surface area contributed by atoms with Crippen LogP contribution in [0.2, 0.25) is 10.0 Å². The molecule has 0 radical (unpaired) electrons. The maximum atomic E-state index is 10.3. The maximum absolute atomic E-state index is 10.3. The Morgan fingerprint density at radius 2 is 1.65 bits per heavy atom. The quantitative estimate of drug-likeness (QED) is 0.649. The van der Waals surface area contributed by atoms with Crippen LogP contribution in [-0.4, -0.2) is 8.76 Å². The van der Waals surface area contributed by atoms with E-state index in [4.69, 9.17) is 28.9 Å². The van der Waals surface area contributed by atoms with E-state index in [1.807, 2.05) is 37.3 Å². The molecule has 0 heterocycles. The van der Waals surface area contributed by atoms with Gasteiger partial charge in [0.05, 0.1) is 15.7 Å². The molecule has 0 saturated heterocycles. The van der Waals surface area contributed by atoms with E-state index in [1.165, 1.54) is 0 Å². The molecule has 1 atom stereocenters. The summed E-state index contributed by atoms with van der Waals surface area (Å²) < 4.78 is 22.8. The monoisotopic (exact) mass is 331 g/mol. The lowest BCUT2D eigenvalue weighted by molar-refractivity contribution is 0.542. The zero-order valence-corrected chi connectivity index (χ0v) is 12.9.